The lowest BCUT2D eigenvalue weighted by Gasteiger charge is -2.17. The van der Waals surface area contributed by atoms with E-state index in [0.29, 0.717) is 6.42 Å². The number of nitrogens with zero attached hydrogens (tertiary/aromatic N) is 2. The largest absolute Gasteiger partial charge is 0.449 e. The molecule has 2 rings (SSSR count). The topological polar surface area (TPSA) is 123 Å². The van der Waals surface area contributed by atoms with Crippen molar-refractivity contribution < 1.29 is 28.9 Å². The first-order chi connectivity index (χ1) is 18.3. The number of allylic oxidation sites excluding steroid dienone is 4. The highest BCUT2D eigenvalue weighted by Crippen LogP contribution is 2.28. The minimum Gasteiger partial charge on any atom is -0.449 e. The number of ether oxygens (including phenoxy) is 2. The van der Waals surface area contributed by atoms with Gasteiger partial charge in [-0.05, 0) is 45.4 Å². The number of aliphatic hydroxyl groups is 2. The minimum absolute atomic E-state index is 0.178. The van der Waals surface area contributed by atoms with Gasteiger partial charge in [-0.1, -0.05) is 69.8 Å². The Morgan fingerprint density at radius 1 is 1.05 bits per heavy atom. The van der Waals surface area contributed by atoms with E-state index in [-0.39, 0.29) is 6.61 Å². The van der Waals surface area contributed by atoms with Crippen LogP contribution in [0, 0.1) is 5.82 Å². The second-order valence-corrected chi connectivity index (χ2v) is 9.69. The van der Waals surface area contributed by atoms with Crippen LogP contribution in [-0.2, 0) is 9.47 Å². The van der Waals surface area contributed by atoms with Crippen molar-refractivity contribution in [2.75, 3.05) is 11.9 Å². The zero-order chi connectivity index (χ0) is 27.8. The number of halogens is 1. The normalized spacial score (nSPS) is 21.5. The standard InChI is InChI=1S/C28H44FN3O6/c1-3-4-5-6-7-8-9-10-11-12-13-14-15-16-17-18-19-37-28(36)31-25-22(29)20-32(27(35)30-25)26-24(34)23(33)21(2)38-26/h7-8,10-11,20-21,23-24,26,33-34H,3-6,9,12-19H2,1-2H3,(H,30,31,35,36)/t21-,23-,24+,26+/m0/s1. The number of aromatic nitrogens is 2. The second kappa shape index (κ2) is 17.9. The Morgan fingerprint density at radius 3 is 2.32 bits per heavy atom. The summed E-state index contributed by atoms with van der Waals surface area (Å²) in [4.78, 5) is 27.7. The fraction of sp³-hybridized carbons (Fsp3) is 0.679. The molecule has 4 atom stereocenters. The van der Waals surface area contributed by atoms with Gasteiger partial charge in [0.15, 0.2) is 17.9 Å². The molecule has 0 aromatic carbocycles. The number of carbonyl (C=O) groups is 1. The first-order valence-electron chi connectivity index (χ1n) is 13.9. The SMILES string of the molecule is CCCCCC=CCC=CCCCCCCCCOC(=O)Nc1nc(=O)n([C@@H]2O[C@@H](C)[C@H](O)[C@H]2O)cc1F. The fourth-order valence-electron chi connectivity index (χ4n) is 4.16. The number of amides is 1. The number of unbranched alkanes of at least 4 members (excludes halogenated alkanes) is 9. The summed E-state index contributed by atoms with van der Waals surface area (Å²) in [7, 11) is 0. The molecule has 9 nitrogen and oxygen atoms in total. The van der Waals surface area contributed by atoms with Crippen LogP contribution in [0.2, 0.25) is 0 Å². The maximum absolute atomic E-state index is 14.4. The number of rotatable bonds is 17. The van der Waals surface area contributed by atoms with Gasteiger partial charge < -0.3 is 19.7 Å². The molecule has 0 radical (unpaired) electrons. The molecule has 3 N–H and O–H groups in total. The van der Waals surface area contributed by atoms with E-state index in [2.05, 4.69) is 41.5 Å². The van der Waals surface area contributed by atoms with Crippen molar-refractivity contribution in [1.29, 1.82) is 0 Å². The van der Waals surface area contributed by atoms with Crippen molar-refractivity contribution in [3.63, 3.8) is 0 Å². The quantitative estimate of drug-likeness (QED) is 0.180. The molecule has 1 amide bonds. The molecule has 1 fully saturated rings. The van der Waals surface area contributed by atoms with Crippen LogP contribution in [0.4, 0.5) is 15.0 Å². The van der Waals surface area contributed by atoms with E-state index in [0.717, 1.165) is 49.3 Å². The van der Waals surface area contributed by atoms with Crippen LogP contribution in [0.1, 0.15) is 97.1 Å². The zero-order valence-corrected chi connectivity index (χ0v) is 22.7. The summed E-state index contributed by atoms with van der Waals surface area (Å²) in [6, 6.07) is 0. The number of aliphatic hydroxyl groups excluding tert-OH is 2. The smallest absolute Gasteiger partial charge is 0.412 e. The molecule has 1 aliphatic rings. The maximum atomic E-state index is 14.4. The highest BCUT2D eigenvalue weighted by Gasteiger charge is 2.42. The molecule has 1 saturated heterocycles. The Kier molecular flexibility index (Phi) is 14.9. The lowest BCUT2D eigenvalue weighted by molar-refractivity contribution is -0.0355. The van der Waals surface area contributed by atoms with E-state index in [1.54, 1.807) is 0 Å². The van der Waals surface area contributed by atoms with Gasteiger partial charge in [-0.2, -0.15) is 4.98 Å². The summed E-state index contributed by atoms with van der Waals surface area (Å²) in [6.07, 6.45) is 17.4. The average Bonchev–Trinajstić information content (AvgIpc) is 3.14. The van der Waals surface area contributed by atoms with Gasteiger partial charge in [-0.3, -0.25) is 9.88 Å². The molecule has 0 bridgehead atoms. The van der Waals surface area contributed by atoms with Gasteiger partial charge in [0.1, 0.15) is 12.2 Å². The van der Waals surface area contributed by atoms with Crippen molar-refractivity contribution in [3.05, 3.63) is 46.8 Å². The van der Waals surface area contributed by atoms with E-state index in [1.807, 2.05) is 0 Å². The predicted molar refractivity (Wildman–Crippen MR) is 144 cm³/mol. The van der Waals surface area contributed by atoms with Crippen LogP contribution in [-0.4, -0.2) is 50.8 Å². The molecule has 1 aliphatic heterocycles. The van der Waals surface area contributed by atoms with E-state index >= 15 is 0 Å². The molecule has 0 saturated carbocycles. The maximum Gasteiger partial charge on any atom is 0.412 e. The van der Waals surface area contributed by atoms with Crippen molar-refractivity contribution in [3.8, 4) is 0 Å². The molecule has 0 aliphatic carbocycles. The van der Waals surface area contributed by atoms with Crippen molar-refractivity contribution in [2.24, 2.45) is 0 Å². The van der Waals surface area contributed by atoms with Crippen LogP contribution in [0.3, 0.4) is 0 Å². The Bertz CT molecular complexity index is 951. The van der Waals surface area contributed by atoms with Crippen molar-refractivity contribution >= 4 is 11.9 Å². The van der Waals surface area contributed by atoms with Crippen molar-refractivity contribution in [1.82, 2.24) is 9.55 Å². The van der Waals surface area contributed by atoms with E-state index in [1.165, 1.54) is 39.0 Å². The summed E-state index contributed by atoms with van der Waals surface area (Å²) in [5, 5.41) is 21.9. The number of carbonyl (C=O) groups excluding carboxylic acids is 1. The van der Waals surface area contributed by atoms with Gasteiger partial charge in [-0.25, -0.2) is 14.0 Å². The van der Waals surface area contributed by atoms with Gasteiger partial charge in [0.05, 0.1) is 18.9 Å². The summed E-state index contributed by atoms with van der Waals surface area (Å²) < 4.78 is 25.5. The molecular weight excluding hydrogens is 493 g/mol. The third kappa shape index (κ3) is 11.0. The van der Waals surface area contributed by atoms with Crippen molar-refractivity contribution in [2.45, 2.75) is 115 Å². The Hall–Kier alpha value is -2.56. The second-order valence-electron chi connectivity index (χ2n) is 9.69. The molecule has 214 valence electrons. The number of anilines is 1. The Labute approximate surface area is 224 Å². The summed E-state index contributed by atoms with van der Waals surface area (Å²) in [5.41, 5.74) is -0.947. The van der Waals surface area contributed by atoms with Gasteiger partial charge in [0.2, 0.25) is 0 Å². The van der Waals surface area contributed by atoms with E-state index in [9.17, 15) is 24.2 Å². The van der Waals surface area contributed by atoms with Crippen LogP contribution in [0.15, 0.2) is 35.3 Å². The Morgan fingerprint density at radius 2 is 1.68 bits per heavy atom. The van der Waals surface area contributed by atoms with Gasteiger partial charge >= 0.3 is 11.8 Å². The fourth-order valence-corrected chi connectivity index (χ4v) is 4.16. The first-order valence-corrected chi connectivity index (χ1v) is 13.9. The highest BCUT2D eigenvalue weighted by atomic mass is 19.1. The lowest BCUT2D eigenvalue weighted by Crippen LogP contribution is -2.36. The number of nitrogens with one attached hydrogen (secondary N) is 1. The molecule has 38 heavy (non-hydrogen) atoms. The third-order valence-corrected chi connectivity index (χ3v) is 6.46. The molecule has 1 aromatic rings. The molecular formula is C28H44FN3O6. The highest BCUT2D eigenvalue weighted by molar-refractivity contribution is 5.83. The van der Waals surface area contributed by atoms with Gasteiger partial charge in [0.25, 0.3) is 0 Å². The van der Waals surface area contributed by atoms with Crippen LogP contribution in [0.25, 0.3) is 0 Å². The molecule has 0 spiro atoms. The molecule has 0 unspecified atom stereocenters. The molecule has 2 heterocycles. The average molecular weight is 538 g/mol. The summed E-state index contributed by atoms with van der Waals surface area (Å²) in [5.74, 6) is -1.57. The van der Waals surface area contributed by atoms with Crippen LogP contribution in [0.5, 0.6) is 0 Å². The number of hydrogen-bond acceptors (Lipinski definition) is 7. The van der Waals surface area contributed by atoms with Gasteiger partial charge in [-0.15, -0.1) is 0 Å². The Balaban J connectivity index is 1.54. The first kappa shape index (κ1) is 31.7. The van der Waals surface area contributed by atoms with E-state index in [4.69, 9.17) is 9.47 Å². The van der Waals surface area contributed by atoms with Crippen LogP contribution < -0.4 is 11.0 Å². The summed E-state index contributed by atoms with van der Waals surface area (Å²) in [6.45, 7) is 3.91. The molecule has 10 heteroatoms. The van der Waals surface area contributed by atoms with Crippen LogP contribution >= 0.6 is 0 Å². The number of hydrogen-bond donors (Lipinski definition) is 3. The summed E-state index contributed by atoms with van der Waals surface area (Å²) >= 11 is 0. The predicted octanol–water partition coefficient (Wildman–Crippen LogP) is 5.38. The van der Waals surface area contributed by atoms with Gasteiger partial charge in [0, 0.05) is 0 Å². The van der Waals surface area contributed by atoms with E-state index < -0.39 is 48.0 Å². The zero-order valence-electron chi connectivity index (χ0n) is 22.7. The lowest BCUT2D eigenvalue weighted by atomic mass is 10.1. The minimum atomic E-state index is -1.41. The third-order valence-electron chi connectivity index (χ3n) is 6.46. The molecule has 1 aromatic heterocycles. The monoisotopic (exact) mass is 537 g/mol.